The maximum atomic E-state index is 11.9. The van der Waals surface area contributed by atoms with E-state index in [0.717, 1.165) is 67.7 Å². The van der Waals surface area contributed by atoms with Gasteiger partial charge in [-0.05, 0) is 83.4 Å². The van der Waals surface area contributed by atoms with Crippen LogP contribution in [0.5, 0.6) is 11.5 Å². The number of hydrogen-bond acceptors (Lipinski definition) is 6. The second-order valence-electron chi connectivity index (χ2n) is 9.25. The summed E-state index contributed by atoms with van der Waals surface area (Å²) in [5.74, 6) is 1.54. The molecule has 7 nitrogen and oxygen atoms in total. The Morgan fingerprint density at radius 1 is 1.16 bits per heavy atom. The van der Waals surface area contributed by atoms with Gasteiger partial charge in [0.2, 0.25) is 0 Å². The maximum absolute atomic E-state index is 11.9. The molecule has 4 rings (SSSR count). The van der Waals surface area contributed by atoms with Crippen molar-refractivity contribution in [3.05, 3.63) is 23.8 Å². The SMILES string of the molecule is COc1ccc(C2=NOC3(CCC(NC(=O)OC(C)C)CC3)C2)cc1OC1CCCC1. The lowest BCUT2D eigenvalue weighted by molar-refractivity contribution is -0.0500. The molecule has 31 heavy (non-hydrogen) atoms. The minimum Gasteiger partial charge on any atom is -0.493 e. The van der Waals surface area contributed by atoms with E-state index in [-0.39, 0.29) is 29.9 Å². The fraction of sp³-hybridized carbons (Fsp3) is 0.667. The normalized spacial score (nSPS) is 25.9. The van der Waals surface area contributed by atoms with Gasteiger partial charge >= 0.3 is 6.09 Å². The zero-order chi connectivity index (χ0) is 21.8. The first-order valence-electron chi connectivity index (χ1n) is 11.5. The number of oxime groups is 1. The molecule has 0 unspecified atom stereocenters. The van der Waals surface area contributed by atoms with Crippen LogP contribution >= 0.6 is 0 Å². The molecule has 0 saturated heterocycles. The number of benzene rings is 1. The Kier molecular flexibility index (Phi) is 6.58. The van der Waals surface area contributed by atoms with Crippen LogP contribution < -0.4 is 14.8 Å². The molecule has 2 saturated carbocycles. The Labute approximate surface area is 184 Å². The average Bonchev–Trinajstić information content (AvgIpc) is 3.40. The topological polar surface area (TPSA) is 78.4 Å². The smallest absolute Gasteiger partial charge is 0.407 e. The maximum Gasteiger partial charge on any atom is 0.407 e. The summed E-state index contributed by atoms with van der Waals surface area (Å²) < 4.78 is 16.9. The number of hydrogen-bond donors (Lipinski definition) is 1. The second-order valence-corrected chi connectivity index (χ2v) is 9.25. The second kappa shape index (κ2) is 9.37. The predicted molar refractivity (Wildman–Crippen MR) is 118 cm³/mol. The molecule has 1 N–H and O–H groups in total. The Balaban J connectivity index is 1.36. The molecule has 7 heteroatoms. The molecule has 0 aromatic heterocycles. The zero-order valence-corrected chi connectivity index (χ0v) is 18.8. The summed E-state index contributed by atoms with van der Waals surface area (Å²) in [6.45, 7) is 3.70. The summed E-state index contributed by atoms with van der Waals surface area (Å²) in [7, 11) is 1.67. The Morgan fingerprint density at radius 2 is 1.90 bits per heavy atom. The van der Waals surface area contributed by atoms with E-state index in [0.29, 0.717) is 0 Å². The number of nitrogens with zero attached hydrogens (tertiary/aromatic N) is 1. The first-order chi connectivity index (χ1) is 15.0. The molecule has 170 valence electrons. The highest BCUT2D eigenvalue weighted by Gasteiger charge is 2.43. The quantitative estimate of drug-likeness (QED) is 0.690. The van der Waals surface area contributed by atoms with Crippen molar-refractivity contribution in [3.8, 4) is 11.5 Å². The van der Waals surface area contributed by atoms with Crippen molar-refractivity contribution in [1.82, 2.24) is 5.32 Å². The minimum atomic E-state index is -0.340. The fourth-order valence-electron chi connectivity index (χ4n) is 4.78. The van der Waals surface area contributed by atoms with Gasteiger partial charge in [-0.15, -0.1) is 0 Å². The highest BCUT2D eigenvalue weighted by Crippen LogP contribution is 2.41. The van der Waals surface area contributed by atoms with E-state index in [1.165, 1.54) is 12.8 Å². The third-order valence-corrected chi connectivity index (χ3v) is 6.49. The van der Waals surface area contributed by atoms with Gasteiger partial charge in [-0.3, -0.25) is 0 Å². The molecule has 1 heterocycles. The molecular weight excluding hydrogens is 396 g/mol. The number of nitrogens with one attached hydrogen (secondary N) is 1. The van der Waals surface area contributed by atoms with E-state index in [2.05, 4.69) is 10.5 Å². The lowest BCUT2D eigenvalue weighted by Crippen LogP contribution is -2.44. The van der Waals surface area contributed by atoms with Crippen LogP contribution in [0.4, 0.5) is 4.79 Å². The first kappa shape index (κ1) is 21.8. The van der Waals surface area contributed by atoms with Gasteiger partial charge in [-0.2, -0.15) is 0 Å². The number of ether oxygens (including phenoxy) is 3. The number of alkyl carbamates (subject to hydrolysis) is 1. The summed E-state index contributed by atoms with van der Waals surface area (Å²) >= 11 is 0. The van der Waals surface area contributed by atoms with Gasteiger partial charge in [0.1, 0.15) is 5.60 Å². The van der Waals surface area contributed by atoms with Gasteiger partial charge in [0.25, 0.3) is 0 Å². The van der Waals surface area contributed by atoms with Crippen molar-refractivity contribution in [3.63, 3.8) is 0 Å². The largest absolute Gasteiger partial charge is 0.493 e. The summed E-state index contributed by atoms with van der Waals surface area (Å²) in [5.41, 5.74) is 1.69. The molecule has 1 spiro atoms. The van der Waals surface area contributed by atoms with E-state index < -0.39 is 0 Å². The van der Waals surface area contributed by atoms with E-state index in [1.54, 1.807) is 7.11 Å². The third-order valence-electron chi connectivity index (χ3n) is 6.49. The minimum absolute atomic E-state index is 0.115. The number of rotatable bonds is 6. The molecule has 0 atom stereocenters. The van der Waals surface area contributed by atoms with Gasteiger partial charge < -0.3 is 24.4 Å². The molecule has 2 aliphatic carbocycles. The fourth-order valence-corrected chi connectivity index (χ4v) is 4.78. The first-order valence-corrected chi connectivity index (χ1v) is 11.5. The van der Waals surface area contributed by atoms with Crippen LogP contribution in [0.25, 0.3) is 0 Å². The van der Waals surface area contributed by atoms with Crippen molar-refractivity contribution in [2.24, 2.45) is 5.16 Å². The third kappa shape index (κ3) is 5.25. The van der Waals surface area contributed by atoms with Gasteiger partial charge in [-0.1, -0.05) is 5.16 Å². The summed E-state index contributed by atoms with van der Waals surface area (Å²) in [6.07, 6.45) is 8.64. The van der Waals surface area contributed by atoms with E-state index >= 15 is 0 Å². The Hall–Kier alpha value is -2.44. The molecule has 0 radical (unpaired) electrons. The van der Waals surface area contributed by atoms with Crippen molar-refractivity contribution >= 4 is 11.8 Å². The van der Waals surface area contributed by atoms with Crippen LogP contribution in [0.15, 0.2) is 23.4 Å². The molecule has 2 fully saturated rings. The van der Waals surface area contributed by atoms with E-state index in [4.69, 9.17) is 19.0 Å². The van der Waals surface area contributed by atoms with E-state index in [1.807, 2.05) is 32.0 Å². The Morgan fingerprint density at radius 3 is 2.58 bits per heavy atom. The highest BCUT2D eigenvalue weighted by molar-refractivity contribution is 6.02. The van der Waals surface area contributed by atoms with Crippen LogP contribution in [-0.4, -0.2) is 42.8 Å². The number of carbonyl (C=O) groups is 1. The molecule has 1 aromatic rings. The average molecular weight is 431 g/mol. The lowest BCUT2D eigenvalue weighted by Gasteiger charge is -2.35. The van der Waals surface area contributed by atoms with Crippen molar-refractivity contribution in [2.75, 3.05) is 7.11 Å². The van der Waals surface area contributed by atoms with E-state index in [9.17, 15) is 4.79 Å². The number of amides is 1. The summed E-state index contributed by atoms with van der Waals surface area (Å²) in [5, 5.41) is 7.41. The monoisotopic (exact) mass is 430 g/mol. The number of methoxy groups -OCH3 is 1. The van der Waals surface area contributed by atoms with Gasteiger partial charge in [-0.25, -0.2) is 4.79 Å². The van der Waals surface area contributed by atoms with Crippen LogP contribution in [0.2, 0.25) is 0 Å². The van der Waals surface area contributed by atoms with Crippen molar-refractivity contribution < 1.29 is 23.8 Å². The van der Waals surface area contributed by atoms with Gasteiger partial charge in [0.15, 0.2) is 11.5 Å². The van der Waals surface area contributed by atoms with Crippen LogP contribution in [0.1, 0.15) is 77.2 Å². The van der Waals surface area contributed by atoms with Gasteiger partial charge in [0, 0.05) is 18.0 Å². The zero-order valence-electron chi connectivity index (χ0n) is 18.8. The van der Waals surface area contributed by atoms with Crippen LogP contribution in [0, 0.1) is 0 Å². The standard InChI is InChI=1S/C24H34N2O5/c1-16(2)29-23(27)25-18-10-12-24(13-11-18)15-20(26-31-24)17-8-9-21(28-3)22(14-17)30-19-6-4-5-7-19/h8-9,14,16,18-19H,4-7,10-13,15H2,1-3H3,(H,25,27). The summed E-state index contributed by atoms with van der Waals surface area (Å²) in [6, 6.07) is 6.13. The van der Waals surface area contributed by atoms with Crippen molar-refractivity contribution in [1.29, 1.82) is 0 Å². The highest BCUT2D eigenvalue weighted by atomic mass is 16.7. The molecule has 1 amide bonds. The number of carbonyl (C=O) groups excluding carboxylic acids is 1. The van der Waals surface area contributed by atoms with Crippen LogP contribution in [-0.2, 0) is 9.57 Å². The summed E-state index contributed by atoms with van der Waals surface area (Å²) in [4.78, 5) is 17.8. The van der Waals surface area contributed by atoms with Crippen molar-refractivity contribution in [2.45, 2.75) is 95.5 Å². The van der Waals surface area contributed by atoms with Gasteiger partial charge in [0.05, 0.1) is 25.0 Å². The Bertz CT molecular complexity index is 808. The molecular formula is C24H34N2O5. The molecule has 0 bridgehead atoms. The molecule has 1 aliphatic heterocycles. The molecule has 1 aromatic carbocycles. The predicted octanol–water partition coefficient (Wildman–Crippen LogP) is 4.96. The van der Waals surface area contributed by atoms with Crippen LogP contribution in [0.3, 0.4) is 0 Å². The lowest BCUT2D eigenvalue weighted by atomic mass is 9.78. The molecule has 3 aliphatic rings.